The summed E-state index contributed by atoms with van der Waals surface area (Å²) < 4.78 is 0.608. The summed E-state index contributed by atoms with van der Waals surface area (Å²) in [6, 6.07) is 6.85. The number of carbonyl (C=O) groups is 1. The first-order valence-corrected chi connectivity index (χ1v) is 5.98. The molecule has 0 aliphatic rings. The molecule has 0 atom stereocenters. The normalized spacial score (nSPS) is 9.68. The molecule has 7 heteroatoms. The fraction of sp³-hybridized carbons (Fsp3) is 0. The van der Waals surface area contributed by atoms with Crippen LogP contribution in [0.3, 0.4) is 0 Å². The Morgan fingerprint density at radius 3 is 2.84 bits per heavy atom. The Morgan fingerprint density at radius 2 is 2.21 bits per heavy atom. The summed E-state index contributed by atoms with van der Waals surface area (Å²) in [6.45, 7) is 0. The lowest BCUT2D eigenvalue weighted by atomic mass is 10.2. The van der Waals surface area contributed by atoms with Gasteiger partial charge in [-0.2, -0.15) is 5.26 Å². The molecule has 1 aromatic carbocycles. The van der Waals surface area contributed by atoms with Crippen molar-refractivity contribution >= 4 is 33.3 Å². The Morgan fingerprint density at radius 1 is 1.42 bits per heavy atom. The number of carbonyl (C=O) groups excluding carboxylic acids is 1. The van der Waals surface area contributed by atoms with Crippen molar-refractivity contribution in [3.05, 3.63) is 46.3 Å². The molecule has 0 bridgehead atoms. The average molecular weight is 318 g/mol. The van der Waals surface area contributed by atoms with E-state index in [9.17, 15) is 4.79 Å². The van der Waals surface area contributed by atoms with Gasteiger partial charge < -0.3 is 11.1 Å². The number of hydrogen-bond acceptors (Lipinski definition) is 5. The first-order chi connectivity index (χ1) is 9.10. The zero-order valence-corrected chi connectivity index (χ0v) is 11.2. The van der Waals surface area contributed by atoms with Crippen molar-refractivity contribution in [3.8, 4) is 6.07 Å². The average Bonchev–Trinajstić information content (AvgIpc) is 2.41. The number of rotatable bonds is 2. The molecule has 94 valence electrons. The van der Waals surface area contributed by atoms with Gasteiger partial charge in [0, 0.05) is 4.47 Å². The number of nitriles is 1. The largest absolute Gasteiger partial charge is 0.382 e. The van der Waals surface area contributed by atoms with Crippen LogP contribution in [0.15, 0.2) is 35.1 Å². The van der Waals surface area contributed by atoms with Crippen LogP contribution in [0.4, 0.5) is 11.5 Å². The minimum Gasteiger partial charge on any atom is -0.382 e. The van der Waals surface area contributed by atoms with Crippen LogP contribution < -0.4 is 11.1 Å². The number of nitrogens with zero attached hydrogens (tertiary/aromatic N) is 3. The molecule has 6 nitrogen and oxygen atoms in total. The first-order valence-electron chi connectivity index (χ1n) is 5.18. The Kier molecular flexibility index (Phi) is 3.73. The van der Waals surface area contributed by atoms with E-state index in [-0.39, 0.29) is 11.5 Å². The fourth-order valence-electron chi connectivity index (χ4n) is 1.36. The number of benzene rings is 1. The van der Waals surface area contributed by atoms with Crippen LogP contribution in [0.1, 0.15) is 16.1 Å². The molecule has 1 amide bonds. The molecule has 0 fully saturated rings. The molecule has 19 heavy (non-hydrogen) atoms. The maximum atomic E-state index is 11.9. The highest BCUT2D eigenvalue weighted by molar-refractivity contribution is 9.10. The fourth-order valence-corrected chi connectivity index (χ4v) is 1.84. The van der Waals surface area contributed by atoms with Crippen LogP contribution >= 0.6 is 15.9 Å². The second-order valence-electron chi connectivity index (χ2n) is 3.59. The first kappa shape index (κ1) is 13.0. The van der Waals surface area contributed by atoms with Crippen LogP contribution in [-0.4, -0.2) is 15.9 Å². The zero-order valence-electron chi connectivity index (χ0n) is 9.59. The number of aromatic nitrogens is 2. The van der Waals surface area contributed by atoms with Crippen molar-refractivity contribution in [2.45, 2.75) is 0 Å². The van der Waals surface area contributed by atoms with Gasteiger partial charge in [0.15, 0.2) is 0 Å². The summed E-state index contributed by atoms with van der Waals surface area (Å²) in [5.41, 5.74) is 6.61. The van der Waals surface area contributed by atoms with Crippen LogP contribution in [0.5, 0.6) is 0 Å². The van der Waals surface area contributed by atoms with E-state index in [1.165, 1.54) is 12.4 Å². The van der Waals surface area contributed by atoms with Crippen LogP contribution in [0.25, 0.3) is 0 Å². The van der Waals surface area contributed by atoms with Crippen molar-refractivity contribution < 1.29 is 4.79 Å². The van der Waals surface area contributed by atoms with Gasteiger partial charge in [0.1, 0.15) is 11.5 Å². The van der Waals surface area contributed by atoms with Crippen molar-refractivity contribution in [1.29, 1.82) is 5.26 Å². The zero-order chi connectivity index (χ0) is 13.8. The smallest absolute Gasteiger partial charge is 0.275 e. The summed E-state index contributed by atoms with van der Waals surface area (Å²) in [5.74, 6) is -0.253. The van der Waals surface area contributed by atoms with Crippen LogP contribution in [0.2, 0.25) is 0 Å². The molecule has 2 rings (SSSR count). The van der Waals surface area contributed by atoms with E-state index in [0.29, 0.717) is 15.7 Å². The summed E-state index contributed by atoms with van der Waals surface area (Å²) >= 11 is 3.28. The Bertz CT molecular complexity index is 680. The van der Waals surface area contributed by atoms with Gasteiger partial charge in [-0.3, -0.25) is 9.78 Å². The highest BCUT2D eigenvalue weighted by Gasteiger charge is 2.10. The maximum Gasteiger partial charge on any atom is 0.275 e. The van der Waals surface area contributed by atoms with Crippen molar-refractivity contribution in [2.75, 3.05) is 11.1 Å². The number of halogens is 1. The topological polar surface area (TPSA) is 105 Å². The van der Waals surface area contributed by atoms with Crippen LogP contribution in [0, 0.1) is 11.3 Å². The molecule has 3 N–H and O–H groups in total. The predicted molar refractivity (Wildman–Crippen MR) is 73.3 cm³/mol. The molecule has 0 unspecified atom stereocenters. The standard InChI is InChI=1S/C12H8BrN5O/c13-8-3-7(4-14)1-2-9(8)18-12(19)10-5-16-6-11(15)17-10/h1-3,5-6H,(H2,15,17)(H,18,19). The van der Waals surface area contributed by atoms with E-state index in [0.717, 1.165) is 0 Å². The molecule has 0 radical (unpaired) electrons. The van der Waals surface area contributed by atoms with Crippen molar-refractivity contribution in [3.63, 3.8) is 0 Å². The van der Waals surface area contributed by atoms with E-state index in [1.807, 2.05) is 6.07 Å². The van der Waals surface area contributed by atoms with Gasteiger partial charge >= 0.3 is 0 Å². The minimum absolute atomic E-state index is 0.122. The molecule has 0 saturated carbocycles. The number of amides is 1. The highest BCUT2D eigenvalue weighted by Crippen LogP contribution is 2.23. The van der Waals surface area contributed by atoms with Gasteiger partial charge in [0.2, 0.25) is 0 Å². The molecule has 0 spiro atoms. The quantitative estimate of drug-likeness (QED) is 0.880. The molecule has 0 saturated heterocycles. The monoisotopic (exact) mass is 317 g/mol. The van der Waals surface area contributed by atoms with Crippen molar-refractivity contribution in [2.24, 2.45) is 0 Å². The summed E-state index contributed by atoms with van der Waals surface area (Å²) in [4.78, 5) is 19.6. The van der Waals surface area contributed by atoms with E-state index >= 15 is 0 Å². The lowest BCUT2D eigenvalue weighted by Crippen LogP contribution is -2.15. The summed E-state index contributed by atoms with van der Waals surface area (Å²) in [5, 5.41) is 11.4. The van der Waals surface area contributed by atoms with Gasteiger partial charge in [0.25, 0.3) is 5.91 Å². The van der Waals surface area contributed by atoms with E-state index in [1.54, 1.807) is 18.2 Å². The van der Waals surface area contributed by atoms with E-state index in [4.69, 9.17) is 11.0 Å². The van der Waals surface area contributed by atoms with Gasteiger partial charge in [0.05, 0.1) is 29.7 Å². The van der Waals surface area contributed by atoms with Gasteiger partial charge in [-0.05, 0) is 34.1 Å². The Hall–Kier alpha value is -2.46. The third-order valence-electron chi connectivity index (χ3n) is 2.23. The Labute approximate surface area is 117 Å². The predicted octanol–water partition coefficient (Wildman–Crippen LogP) is 1.95. The number of nitrogens with two attached hydrogens (primary N) is 1. The number of nitrogens with one attached hydrogen (secondary N) is 1. The lowest BCUT2D eigenvalue weighted by Gasteiger charge is -2.07. The van der Waals surface area contributed by atoms with Crippen LogP contribution in [-0.2, 0) is 0 Å². The molecular formula is C12H8BrN5O. The second-order valence-corrected chi connectivity index (χ2v) is 4.44. The molecule has 1 heterocycles. The van der Waals surface area contributed by atoms with Gasteiger partial charge in [-0.15, -0.1) is 0 Å². The number of anilines is 2. The molecule has 0 aliphatic carbocycles. The van der Waals surface area contributed by atoms with E-state index in [2.05, 4.69) is 31.2 Å². The van der Waals surface area contributed by atoms with E-state index < -0.39 is 5.91 Å². The van der Waals surface area contributed by atoms with Gasteiger partial charge in [-0.1, -0.05) is 0 Å². The lowest BCUT2D eigenvalue weighted by molar-refractivity contribution is 0.102. The third-order valence-corrected chi connectivity index (χ3v) is 2.89. The minimum atomic E-state index is -0.426. The SMILES string of the molecule is N#Cc1ccc(NC(=O)c2cncc(N)n2)c(Br)c1. The Balaban J connectivity index is 2.22. The van der Waals surface area contributed by atoms with Crippen molar-refractivity contribution in [1.82, 2.24) is 9.97 Å². The summed E-state index contributed by atoms with van der Waals surface area (Å²) in [6.07, 6.45) is 2.68. The van der Waals surface area contributed by atoms with Gasteiger partial charge in [-0.25, -0.2) is 4.98 Å². The molecule has 1 aromatic heterocycles. The number of nitrogen functional groups attached to an aromatic ring is 1. The third kappa shape index (κ3) is 3.05. The molecule has 0 aliphatic heterocycles. The highest BCUT2D eigenvalue weighted by atomic mass is 79.9. The molecule has 2 aromatic rings. The molecular weight excluding hydrogens is 310 g/mol. The second kappa shape index (κ2) is 5.46. The number of hydrogen-bond donors (Lipinski definition) is 2. The summed E-state index contributed by atoms with van der Waals surface area (Å²) in [7, 11) is 0. The maximum absolute atomic E-state index is 11.9.